The maximum atomic E-state index is 10.6. The summed E-state index contributed by atoms with van der Waals surface area (Å²) in [6, 6.07) is 0. The van der Waals surface area contributed by atoms with Crippen LogP contribution < -0.4 is 0 Å². The van der Waals surface area contributed by atoms with E-state index in [9.17, 15) is 56.2 Å². The first kappa shape index (κ1) is 27.9. The van der Waals surface area contributed by atoms with Crippen LogP contribution in [-0.4, -0.2) is 168 Å². The minimum Gasteiger partial charge on any atom is -0.394 e. The molecule has 34 heavy (non-hydrogen) atoms. The van der Waals surface area contributed by atoms with Crippen LogP contribution in [0.4, 0.5) is 0 Å². The second-order valence-corrected chi connectivity index (χ2v) is 8.37. The summed E-state index contributed by atoms with van der Waals surface area (Å²) >= 11 is 0. The highest BCUT2D eigenvalue weighted by Gasteiger charge is 2.61. The molecule has 16 nitrogen and oxygen atoms in total. The van der Waals surface area contributed by atoms with Crippen LogP contribution in [0.25, 0.3) is 0 Å². The molecule has 0 spiro atoms. The van der Waals surface area contributed by atoms with Gasteiger partial charge in [-0.2, -0.15) is 0 Å². The molecule has 14 atom stereocenters. The van der Waals surface area contributed by atoms with Gasteiger partial charge in [0.15, 0.2) is 12.6 Å². The Morgan fingerprint density at radius 3 is 1.50 bits per heavy atom. The predicted molar refractivity (Wildman–Crippen MR) is 101 cm³/mol. The molecule has 3 fully saturated rings. The molecule has 3 rings (SSSR count). The monoisotopic (exact) mass is 504 g/mol. The Morgan fingerprint density at radius 2 is 1.03 bits per heavy atom. The molecule has 1 unspecified atom stereocenters. The fraction of sp³-hybridized carbons (Fsp3) is 1.00. The third-order valence-corrected chi connectivity index (χ3v) is 6.17. The zero-order chi connectivity index (χ0) is 25.4. The molecule has 200 valence electrons. The van der Waals surface area contributed by atoms with Crippen LogP contribution in [-0.2, 0) is 23.7 Å². The fourth-order valence-electron chi connectivity index (χ4n) is 4.12. The van der Waals surface area contributed by atoms with Crippen LogP contribution >= 0.6 is 0 Å². The first-order chi connectivity index (χ1) is 16.0. The van der Waals surface area contributed by atoms with Gasteiger partial charge in [-0.3, -0.25) is 0 Å². The fourth-order valence-corrected chi connectivity index (χ4v) is 4.12. The second-order valence-electron chi connectivity index (χ2n) is 8.37. The average molecular weight is 504 g/mol. The van der Waals surface area contributed by atoms with Crippen molar-refractivity contribution in [2.75, 3.05) is 26.4 Å². The predicted octanol–water partition coefficient (Wildman–Crippen LogP) is -7.57. The van der Waals surface area contributed by atoms with Crippen molar-refractivity contribution in [2.24, 2.45) is 0 Å². The van der Waals surface area contributed by atoms with Gasteiger partial charge in [-0.1, -0.05) is 0 Å². The maximum Gasteiger partial charge on any atom is 0.224 e. The quantitative estimate of drug-likeness (QED) is 0.146. The maximum absolute atomic E-state index is 10.6. The summed E-state index contributed by atoms with van der Waals surface area (Å²) in [7, 11) is 0. The lowest BCUT2D eigenvalue weighted by Gasteiger charge is -2.45. The highest BCUT2D eigenvalue weighted by Crippen LogP contribution is 2.39. The molecule has 0 bridgehead atoms. The molecule has 0 aliphatic carbocycles. The second kappa shape index (κ2) is 11.2. The molecule has 3 heterocycles. The Hall–Kier alpha value is -0.640. The van der Waals surface area contributed by atoms with Gasteiger partial charge in [0.05, 0.1) is 19.8 Å². The third-order valence-electron chi connectivity index (χ3n) is 6.17. The number of ether oxygens (including phenoxy) is 5. The molecular formula is C18H32O16. The highest BCUT2D eigenvalue weighted by atomic mass is 16.8. The summed E-state index contributed by atoms with van der Waals surface area (Å²) in [5.41, 5.74) is 0. The SMILES string of the molecule is OC[C@H]1O[C@@](CO)(OC2O[C@H](CO)[C@@H](O)[C@H](O)[C@H]2O)[C@@H](O[C@H]2O[C@H](CO)[C@@H](O)[C@H](O)[C@H]2O)[C@@H]1O. The van der Waals surface area contributed by atoms with Gasteiger partial charge in [-0.25, -0.2) is 0 Å². The van der Waals surface area contributed by atoms with Gasteiger partial charge in [0.1, 0.15) is 73.8 Å². The van der Waals surface area contributed by atoms with Crippen molar-refractivity contribution in [3.05, 3.63) is 0 Å². The molecule has 0 radical (unpaired) electrons. The summed E-state index contributed by atoms with van der Waals surface area (Å²) < 4.78 is 27.0. The van der Waals surface area contributed by atoms with Gasteiger partial charge in [0.2, 0.25) is 5.79 Å². The van der Waals surface area contributed by atoms with E-state index in [1.807, 2.05) is 0 Å². The summed E-state index contributed by atoms with van der Waals surface area (Å²) in [6.07, 6.45) is -22.3. The van der Waals surface area contributed by atoms with Crippen molar-refractivity contribution in [3.8, 4) is 0 Å². The molecule has 16 heteroatoms. The Kier molecular flexibility index (Phi) is 9.18. The highest BCUT2D eigenvalue weighted by molar-refractivity contribution is 5.01. The molecule has 3 aliphatic rings. The van der Waals surface area contributed by atoms with E-state index in [-0.39, 0.29) is 0 Å². The minimum absolute atomic E-state index is 0.777. The molecule has 0 amide bonds. The first-order valence-electron chi connectivity index (χ1n) is 10.6. The van der Waals surface area contributed by atoms with E-state index in [0.29, 0.717) is 0 Å². The van der Waals surface area contributed by atoms with Crippen molar-refractivity contribution in [3.63, 3.8) is 0 Å². The van der Waals surface area contributed by atoms with E-state index in [1.54, 1.807) is 0 Å². The van der Waals surface area contributed by atoms with Crippen LogP contribution in [0.5, 0.6) is 0 Å². The van der Waals surface area contributed by atoms with Gasteiger partial charge in [0, 0.05) is 0 Å². The summed E-state index contributed by atoms with van der Waals surface area (Å²) in [5, 5.41) is 109. The van der Waals surface area contributed by atoms with E-state index in [4.69, 9.17) is 23.7 Å². The lowest BCUT2D eigenvalue weighted by atomic mass is 9.98. The molecule has 0 aromatic carbocycles. The Labute approximate surface area is 192 Å². The van der Waals surface area contributed by atoms with E-state index in [1.165, 1.54) is 0 Å². The number of aliphatic hydroxyl groups excluding tert-OH is 11. The normalized spacial score (nSPS) is 52.1. The van der Waals surface area contributed by atoms with Crippen LogP contribution in [0.15, 0.2) is 0 Å². The zero-order valence-electron chi connectivity index (χ0n) is 17.8. The topological polar surface area (TPSA) is 269 Å². The molecule has 3 aliphatic heterocycles. The number of aliphatic hydroxyl groups is 11. The van der Waals surface area contributed by atoms with Gasteiger partial charge in [-0.05, 0) is 0 Å². The largest absolute Gasteiger partial charge is 0.394 e. The summed E-state index contributed by atoms with van der Waals surface area (Å²) in [5.74, 6) is -2.43. The number of hydrogen-bond acceptors (Lipinski definition) is 16. The molecule has 0 aromatic heterocycles. The number of rotatable bonds is 8. The van der Waals surface area contributed by atoms with Crippen molar-refractivity contribution >= 4 is 0 Å². The van der Waals surface area contributed by atoms with Crippen LogP contribution in [0, 0.1) is 0 Å². The Balaban J connectivity index is 1.87. The van der Waals surface area contributed by atoms with E-state index in [0.717, 1.165) is 0 Å². The zero-order valence-corrected chi connectivity index (χ0v) is 17.8. The van der Waals surface area contributed by atoms with Crippen molar-refractivity contribution in [1.29, 1.82) is 0 Å². The lowest BCUT2D eigenvalue weighted by molar-refractivity contribution is -0.400. The van der Waals surface area contributed by atoms with E-state index >= 15 is 0 Å². The molecule has 11 N–H and O–H groups in total. The molecule has 0 saturated carbocycles. The van der Waals surface area contributed by atoms with Gasteiger partial charge >= 0.3 is 0 Å². The van der Waals surface area contributed by atoms with Crippen molar-refractivity contribution in [2.45, 2.75) is 85.5 Å². The lowest BCUT2D eigenvalue weighted by Crippen LogP contribution is -2.64. The standard InChI is InChI=1S/C18H32O16/c19-1-5-8(23)11(26)13(28)16(30-5)32-15-10(25)7(3-21)33-18(15,4-22)34-17-14(29)12(27)9(24)6(2-20)31-17/h5-17,19-29H,1-4H2/t5-,6-,7-,8-,9-,10-,11+,12+,13-,14-,15+,16-,17?,18+/m1/s1. The Bertz CT molecular complexity index is 651. The molecule has 0 aromatic rings. The van der Waals surface area contributed by atoms with Crippen LogP contribution in [0.1, 0.15) is 0 Å². The van der Waals surface area contributed by atoms with Gasteiger partial charge < -0.3 is 79.9 Å². The average Bonchev–Trinajstić information content (AvgIpc) is 3.10. The van der Waals surface area contributed by atoms with E-state index < -0.39 is 112 Å². The van der Waals surface area contributed by atoms with Crippen molar-refractivity contribution < 1.29 is 79.9 Å². The summed E-state index contributed by atoms with van der Waals surface area (Å²) in [6.45, 7) is -3.49. The first-order valence-corrected chi connectivity index (χ1v) is 10.6. The van der Waals surface area contributed by atoms with Crippen LogP contribution in [0.2, 0.25) is 0 Å². The van der Waals surface area contributed by atoms with Crippen molar-refractivity contribution in [1.82, 2.24) is 0 Å². The van der Waals surface area contributed by atoms with Crippen LogP contribution in [0.3, 0.4) is 0 Å². The molecule has 3 saturated heterocycles. The van der Waals surface area contributed by atoms with Gasteiger partial charge in [0.25, 0.3) is 0 Å². The number of hydrogen-bond donors (Lipinski definition) is 11. The molecular weight excluding hydrogens is 472 g/mol. The summed E-state index contributed by atoms with van der Waals surface area (Å²) in [4.78, 5) is 0. The smallest absolute Gasteiger partial charge is 0.224 e. The van der Waals surface area contributed by atoms with Gasteiger partial charge in [-0.15, -0.1) is 0 Å². The third kappa shape index (κ3) is 4.96. The minimum atomic E-state index is -2.43. The Morgan fingerprint density at radius 1 is 0.559 bits per heavy atom. The van der Waals surface area contributed by atoms with E-state index in [2.05, 4.69) is 0 Å².